The van der Waals surface area contributed by atoms with Gasteiger partial charge in [0.2, 0.25) is 5.91 Å². The monoisotopic (exact) mass is 440 g/mol. The Balaban J connectivity index is 1.46. The minimum atomic E-state index is -0.306. The van der Waals surface area contributed by atoms with Crippen LogP contribution in [0.4, 0.5) is 4.39 Å². The van der Waals surface area contributed by atoms with E-state index in [4.69, 9.17) is 4.98 Å². The van der Waals surface area contributed by atoms with Gasteiger partial charge in [-0.3, -0.25) is 4.79 Å². The summed E-state index contributed by atoms with van der Waals surface area (Å²) < 4.78 is 15.2. The van der Waals surface area contributed by atoms with Crippen molar-refractivity contribution in [3.8, 4) is 0 Å². The average molecular weight is 441 g/mol. The second-order valence-corrected chi connectivity index (χ2v) is 8.87. The first-order valence-electron chi connectivity index (χ1n) is 10.5. The van der Waals surface area contributed by atoms with Crippen LogP contribution < -0.4 is 5.32 Å². The van der Waals surface area contributed by atoms with Crippen molar-refractivity contribution in [3.63, 3.8) is 0 Å². The number of thiazole rings is 1. The van der Waals surface area contributed by atoms with Gasteiger partial charge in [-0.05, 0) is 70.7 Å². The normalized spacial score (nSPS) is 14.2. The van der Waals surface area contributed by atoms with Gasteiger partial charge >= 0.3 is 0 Å². The zero-order chi connectivity index (χ0) is 22.1. The highest BCUT2D eigenvalue weighted by atomic mass is 32.1. The summed E-state index contributed by atoms with van der Waals surface area (Å²) in [4.78, 5) is 17.4. The topological polar surface area (TPSA) is 42.0 Å². The van der Waals surface area contributed by atoms with Gasteiger partial charge in [-0.1, -0.05) is 48.5 Å². The molecule has 1 N–H and O–H groups in total. The largest absolute Gasteiger partial charge is 0.352 e. The summed E-state index contributed by atoms with van der Waals surface area (Å²) in [5.41, 5.74) is 6.56. The number of carbonyl (C=O) groups is 1. The van der Waals surface area contributed by atoms with Crippen LogP contribution in [0.25, 0.3) is 27.4 Å². The maximum absolute atomic E-state index is 14.1. The molecule has 0 aliphatic heterocycles. The first-order valence-corrected chi connectivity index (χ1v) is 11.3. The number of nitrogens with zero attached hydrogens (tertiary/aromatic N) is 1. The third-order valence-corrected chi connectivity index (χ3v) is 6.69. The maximum Gasteiger partial charge on any atom is 0.224 e. The number of hydrogen-bond acceptors (Lipinski definition) is 3. The van der Waals surface area contributed by atoms with Crippen molar-refractivity contribution in [3.05, 3.63) is 106 Å². The molecule has 1 heterocycles. The van der Waals surface area contributed by atoms with E-state index in [9.17, 15) is 9.18 Å². The summed E-state index contributed by atoms with van der Waals surface area (Å²) in [6, 6.07) is 22.6. The van der Waals surface area contributed by atoms with Crippen molar-refractivity contribution in [1.29, 1.82) is 0 Å². The highest BCUT2D eigenvalue weighted by molar-refractivity contribution is 7.19. The van der Waals surface area contributed by atoms with E-state index >= 15 is 0 Å². The van der Waals surface area contributed by atoms with Crippen molar-refractivity contribution >= 4 is 44.7 Å². The number of para-hydroxylation sites is 1. The lowest BCUT2D eigenvalue weighted by Crippen LogP contribution is -2.22. The second kappa shape index (κ2) is 8.52. The molecule has 0 saturated heterocycles. The SMILES string of the molecule is CC1=C(CC(=O)NCc2ccccc2)c2cc(F)ccc2/C1=C\c1nc2ccccc2s1. The van der Waals surface area contributed by atoms with E-state index in [1.807, 2.05) is 61.5 Å². The van der Waals surface area contributed by atoms with Crippen LogP contribution in [0.2, 0.25) is 0 Å². The number of allylic oxidation sites excluding steroid dienone is 2. The van der Waals surface area contributed by atoms with E-state index in [1.165, 1.54) is 12.1 Å². The van der Waals surface area contributed by atoms with Crippen LogP contribution in [-0.2, 0) is 11.3 Å². The van der Waals surface area contributed by atoms with E-state index in [0.717, 1.165) is 48.6 Å². The summed E-state index contributed by atoms with van der Waals surface area (Å²) in [6.07, 6.45) is 2.25. The molecule has 1 aliphatic carbocycles. The van der Waals surface area contributed by atoms with Crippen LogP contribution in [-0.4, -0.2) is 10.9 Å². The molecule has 0 atom stereocenters. The highest BCUT2D eigenvalue weighted by Crippen LogP contribution is 2.44. The van der Waals surface area contributed by atoms with Gasteiger partial charge in [0.05, 0.1) is 16.6 Å². The van der Waals surface area contributed by atoms with Gasteiger partial charge in [-0.2, -0.15) is 0 Å². The Bertz CT molecular complexity index is 1350. The van der Waals surface area contributed by atoms with Gasteiger partial charge in [0, 0.05) is 6.54 Å². The molecule has 1 aromatic heterocycles. The van der Waals surface area contributed by atoms with E-state index in [0.29, 0.717) is 6.54 Å². The number of rotatable bonds is 5. The van der Waals surface area contributed by atoms with E-state index in [2.05, 4.69) is 11.4 Å². The molecule has 32 heavy (non-hydrogen) atoms. The molecule has 0 unspecified atom stereocenters. The number of carbonyl (C=O) groups excluding carboxylic acids is 1. The highest BCUT2D eigenvalue weighted by Gasteiger charge is 2.26. The predicted octanol–water partition coefficient (Wildman–Crippen LogP) is 6.47. The summed E-state index contributed by atoms with van der Waals surface area (Å²) in [6.45, 7) is 2.47. The van der Waals surface area contributed by atoms with Crippen LogP contribution in [0, 0.1) is 5.82 Å². The molecule has 5 heteroatoms. The number of aromatic nitrogens is 1. The molecule has 4 aromatic rings. The third kappa shape index (κ3) is 3.99. The summed E-state index contributed by atoms with van der Waals surface area (Å²) in [7, 11) is 0. The third-order valence-electron chi connectivity index (χ3n) is 5.70. The fourth-order valence-electron chi connectivity index (χ4n) is 4.08. The molecule has 1 aliphatic rings. The van der Waals surface area contributed by atoms with Gasteiger partial charge in [0.25, 0.3) is 0 Å². The van der Waals surface area contributed by atoms with Crippen molar-refractivity contribution < 1.29 is 9.18 Å². The summed E-state index contributed by atoms with van der Waals surface area (Å²) in [5, 5.41) is 3.87. The standard InChI is InChI=1S/C27H21FN2OS/c1-17-21(14-26(31)29-16-18-7-3-2-4-8-18)23-13-19(28)11-12-20(23)22(17)15-27-30-24-9-5-6-10-25(24)32-27/h2-13,15H,14,16H2,1H3,(H,29,31)/b22-15-. The average Bonchev–Trinajstić information content (AvgIpc) is 3.32. The molecule has 3 aromatic carbocycles. The first-order chi connectivity index (χ1) is 15.6. The van der Waals surface area contributed by atoms with Crippen LogP contribution in [0.1, 0.15) is 35.0 Å². The van der Waals surface area contributed by atoms with Crippen molar-refractivity contribution in [1.82, 2.24) is 10.3 Å². The number of halogens is 1. The zero-order valence-electron chi connectivity index (χ0n) is 17.6. The Morgan fingerprint density at radius 2 is 1.81 bits per heavy atom. The molecular formula is C27H21FN2OS. The van der Waals surface area contributed by atoms with Crippen molar-refractivity contribution in [2.24, 2.45) is 0 Å². The van der Waals surface area contributed by atoms with Gasteiger partial charge in [-0.25, -0.2) is 9.37 Å². The molecule has 0 spiro atoms. The van der Waals surface area contributed by atoms with Crippen LogP contribution >= 0.6 is 11.3 Å². The summed E-state index contributed by atoms with van der Waals surface area (Å²) >= 11 is 1.62. The molecular weight excluding hydrogens is 419 g/mol. The second-order valence-electron chi connectivity index (χ2n) is 7.81. The van der Waals surface area contributed by atoms with Gasteiger partial charge < -0.3 is 5.32 Å². The van der Waals surface area contributed by atoms with E-state index in [-0.39, 0.29) is 18.1 Å². The van der Waals surface area contributed by atoms with Crippen LogP contribution in [0.5, 0.6) is 0 Å². The zero-order valence-corrected chi connectivity index (χ0v) is 18.4. The number of fused-ring (bicyclic) bond motifs is 2. The van der Waals surface area contributed by atoms with Crippen molar-refractivity contribution in [2.75, 3.05) is 0 Å². The Hall–Kier alpha value is -3.57. The Morgan fingerprint density at radius 3 is 2.62 bits per heavy atom. The smallest absolute Gasteiger partial charge is 0.224 e. The molecule has 0 bridgehead atoms. The molecule has 0 saturated carbocycles. The predicted molar refractivity (Wildman–Crippen MR) is 129 cm³/mol. The van der Waals surface area contributed by atoms with Crippen LogP contribution in [0.3, 0.4) is 0 Å². The fraction of sp³-hybridized carbons (Fsp3) is 0.111. The van der Waals surface area contributed by atoms with E-state index < -0.39 is 0 Å². The number of nitrogens with one attached hydrogen (secondary N) is 1. The Morgan fingerprint density at radius 1 is 1.03 bits per heavy atom. The molecule has 3 nitrogen and oxygen atoms in total. The lowest BCUT2D eigenvalue weighted by atomic mass is 10.0. The Kier molecular flexibility index (Phi) is 5.41. The van der Waals surface area contributed by atoms with Crippen LogP contribution in [0.15, 0.2) is 78.4 Å². The Labute approximate surface area is 189 Å². The molecule has 5 rings (SSSR count). The van der Waals surface area contributed by atoms with Gasteiger partial charge in [0.1, 0.15) is 10.8 Å². The lowest BCUT2D eigenvalue weighted by molar-refractivity contribution is -0.120. The van der Waals surface area contributed by atoms with Gasteiger partial charge in [-0.15, -0.1) is 11.3 Å². The van der Waals surface area contributed by atoms with Gasteiger partial charge in [0.15, 0.2) is 0 Å². The molecule has 0 fully saturated rings. The molecule has 158 valence electrons. The fourth-order valence-corrected chi connectivity index (χ4v) is 4.99. The lowest BCUT2D eigenvalue weighted by Gasteiger charge is -2.08. The quantitative estimate of drug-likeness (QED) is 0.386. The first kappa shape index (κ1) is 20.3. The number of benzene rings is 3. The summed E-state index contributed by atoms with van der Waals surface area (Å²) in [5.74, 6) is -0.389. The minimum Gasteiger partial charge on any atom is -0.352 e. The molecule has 1 amide bonds. The molecule has 0 radical (unpaired) electrons. The van der Waals surface area contributed by atoms with E-state index in [1.54, 1.807) is 17.4 Å². The van der Waals surface area contributed by atoms with Crippen molar-refractivity contribution in [2.45, 2.75) is 19.9 Å². The minimum absolute atomic E-state index is 0.0837. The maximum atomic E-state index is 14.1. The number of amides is 1. The number of hydrogen-bond donors (Lipinski definition) is 1.